The first-order chi connectivity index (χ1) is 7.63. The Morgan fingerprint density at radius 1 is 1.25 bits per heavy atom. The molecule has 0 N–H and O–H groups in total. The summed E-state index contributed by atoms with van der Waals surface area (Å²) < 4.78 is 5.12. The minimum atomic E-state index is -0.126. The zero-order valence-corrected chi connectivity index (χ0v) is 10.2. The number of carbonyl (C=O) groups is 1. The molecule has 0 aromatic heterocycles. The van der Waals surface area contributed by atoms with Gasteiger partial charge in [0, 0.05) is 26.2 Å². The van der Waals surface area contributed by atoms with E-state index in [1.807, 2.05) is 50.2 Å². The number of benzene rings is 1. The van der Waals surface area contributed by atoms with Crippen molar-refractivity contribution < 1.29 is 9.53 Å². The molecule has 0 atom stereocenters. The third kappa shape index (κ3) is 3.93. The lowest BCUT2D eigenvalue weighted by Gasteiger charge is -2.12. The van der Waals surface area contributed by atoms with Crippen molar-refractivity contribution in [2.45, 2.75) is 26.4 Å². The number of hydrogen-bond acceptors (Lipinski definition) is 3. The topological polar surface area (TPSA) is 29.5 Å². The molecule has 1 rings (SSSR count). The average molecular weight is 221 g/mol. The van der Waals surface area contributed by atoms with E-state index in [-0.39, 0.29) is 5.97 Å². The standard InChI is InChI=1S/C13H19NO2/c1-4-5-13(15)16-10-11-6-8-12(9-7-11)14(2)3/h6-9H,4-5,10H2,1-3H3. The fraction of sp³-hybridized carbons (Fsp3) is 0.462. The molecule has 88 valence electrons. The molecule has 0 saturated carbocycles. The molecule has 0 heterocycles. The van der Waals surface area contributed by atoms with Crippen molar-refractivity contribution >= 4 is 11.7 Å². The minimum absolute atomic E-state index is 0.126. The highest BCUT2D eigenvalue weighted by Gasteiger charge is 2.01. The first-order valence-corrected chi connectivity index (χ1v) is 5.55. The van der Waals surface area contributed by atoms with Crippen LogP contribution in [0.15, 0.2) is 24.3 Å². The van der Waals surface area contributed by atoms with E-state index in [2.05, 4.69) is 0 Å². The first kappa shape index (κ1) is 12.6. The molecule has 3 heteroatoms. The van der Waals surface area contributed by atoms with Crippen LogP contribution in [-0.2, 0) is 16.1 Å². The van der Waals surface area contributed by atoms with Crippen LogP contribution in [0.1, 0.15) is 25.3 Å². The second-order valence-corrected chi connectivity index (χ2v) is 3.97. The molecule has 0 bridgehead atoms. The highest BCUT2D eigenvalue weighted by Crippen LogP contribution is 2.13. The Morgan fingerprint density at radius 3 is 2.38 bits per heavy atom. The van der Waals surface area contributed by atoms with Crippen molar-refractivity contribution in [1.29, 1.82) is 0 Å². The monoisotopic (exact) mass is 221 g/mol. The molecule has 1 aromatic rings. The van der Waals surface area contributed by atoms with Gasteiger partial charge in [-0.25, -0.2) is 0 Å². The Kier molecular flexibility index (Phi) is 4.83. The van der Waals surface area contributed by atoms with E-state index >= 15 is 0 Å². The van der Waals surface area contributed by atoms with E-state index in [0.29, 0.717) is 13.0 Å². The van der Waals surface area contributed by atoms with Crippen molar-refractivity contribution in [2.24, 2.45) is 0 Å². The maximum absolute atomic E-state index is 11.2. The molecule has 0 aliphatic heterocycles. The number of rotatable bonds is 5. The number of esters is 1. The van der Waals surface area contributed by atoms with Crippen LogP contribution in [0.4, 0.5) is 5.69 Å². The normalized spacial score (nSPS) is 9.94. The molecule has 0 unspecified atom stereocenters. The molecule has 0 spiro atoms. The van der Waals surface area contributed by atoms with Crippen LogP contribution >= 0.6 is 0 Å². The maximum atomic E-state index is 11.2. The summed E-state index contributed by atoms with van der Waals surface area (Å²) in [6, 6.07) is 8.00. The van der Waals surface area contributed by atoms with Crippen LogP contribution in [0.5, 0.6) is 0 Å². The van der Waals surface area contributed by atoms with Gasteiger partial charge in [0.1, 0.15) is 6.61 Å². The molecular formula is C13H19NO2. The van der Waals surface area contributed by atoms with Gasteiger partial charge in [0.2, 0.25) is 0 Å². The summed E-state index contributed by atoms with van der Waals surface area (Å²) in [6.07, 6.45) is 1.33. The van der Waals surface area contributed by atoms with E-state index in [1.165, 1.54) is 0 Å². The van der Waals surface area contributed by atoms with Crippen molar-refractivity contribution in [2.75, 3.05) is 19.0 Å². The minimum Gasteiger partial charge on any atom is -0.461 e. The molecule has 0 aliphatic rings. The van der Waals surface area contributed by atoms with E-state index in [9.17, 15) is 4.79 Å². The first-order valence-electron chi connectivity index (χ1n) is 5.55. The number of nitrogens with zero attached hydrogens (tertiary/aromatic N) is 1. The molecule has 3 nitrogen and oxygen atoms in total. The van der Waals surface area contributed by atoms with E-state index in [0.717, 1.165) is 17.7 Å². The predicted molar refractivity (Wildman–Crippen MR) is 65.5 cm³/mol. The molecule has 0 saturated heterocycles. The lowest BCUT2D eigenvalue weighted by atomic mass is 10.2. The van der Waals surface area contributed by atoms with E-state index in [4.69, 9.17) is 4.74 Å². The summed E-state index contributed by atoms with van der Waals surface area (Å²) in [6.45, 7) is 2.33. The summed E-state index contributed by atoms with van der Waals surface area (Å²) in [4.78, 5) is 13.2. The lowest BCUT2D eigenvalue weighted by Crippen LogP contribution is -2.08. The summed E-state index contributed by atoms with van der Waals surface area (Å²) in [5.41, 5.74) is 2.17. The molecule has 16 heavy (non-hydrogen) atoms. The van der Waals surface area contributed by atoms with Gasteiger partial charge in [0.15, 0.2) is 0 Å². The zero-order valence-electron chi connectivity index (χ0n) is 10.2. The number of ether oxygens (including phenoxy) is 1. The molecule has 0 amide bonds. The van der Waals surface area contributed by atoms with Gasteiger partial charge in [0.05, 0.1) is 0 Å². The number of anilines is 1. The fourth-order valence-electron chi connectivity index (χ4n) is 1.33. The Hall–Kier alpha value is -1.51. The van der Waals surface area contributed by atoms with E-state index < -0.39 is 0 Å². The Labute approximate surface area is 97.0 Å². The predicted octanol–water partition coefficient (Wildman–Crippen LogP) is 2.60. The third-order valence-corrected chi connectivity index (χ3v) is 2.31. The van der Waals surface area contributed by atoms with Gasteiger partial charge in [-0.15, -0.1) is 0 Å². The van der Waals surface area contributed by atoms with Crippen LogP contribution in [-0.4, -0.2) is 20.1 Å². The van der Waals surface area contributed by atoms with E-state index in [1.54, 1.807) is 0 Å². The number of carbonyl (C=O) groups excluding carboxylic acids is 1. The molecule has 0 radical (unpaired) electrons. The van der Waals surface area contributed by atoms with Crippen molar-refractivity contribution in [3.63, 3.8) is 0 Å². The highest BCUT2D eigenvalue weighted by atomic mass is 16.5. The lowest BCUT2D eigenvalue weighted by molar-refractivity contribution is -0.144. The van der Waals surface area contributed by atoms with Gasteiger partial charge in [-0.3, -0.25) is 4.79 Å². The molecule has 1 aromatic carbocycles. The summed E-state index contributed by atoms with van der Waals surface area (Å²) >= 11 is 0. The van der Waals surface area contributed by atoms with Crippen LogP contribution in [0.25, 0.3) is 0 Å². The third-order valence-electron chi connectivity index (χ3n) is 2.31. The van der Waals surface area contributed by atoms with Crippen LogP contribution < -0.4 is 4.90 Å². The van der Waals surface area contributed by atoms with Gasteiger partial charge in [-0.1, -0.05) is 19.1 Å². The van der Waals surface area contributed by atoms with Crippen LogP contribution in [0.2, 0.25) is 0 Å². The van der Waals surface area contributed by atoms with Crippen LogP contribution in [0, 0.1) is 0 Å². The second-order valence-electron chi connectivity index (χ2n) is 3.97. The summed E-state index contributed by atoms with van der Waals surface area (Å²) in [5.74, 6) is -0.126. The molecular weight excluding hydrogens is 202 g/mol. The number of hydrogen-bond donors (Lipinski definition) is 0. The Morgan fingerprint density at radius 2 is 1.88 bits per heavy atom. The van der Waals surface area contributed by atoms with Crippen molar-refractivity contribution in [3.05, 3.63) is 29.8 Å². The van der Waals surface area contributed by atoms with Gasteiger partial charge in [-0.2, -0.15) is 0 Å². The smallest absolute Gasteiger partial charge is 0.306 e. The molecule has 0 aliphatic carbocycles. The summed E-state index contributed by atoms with van der Waals surface area (Å²) in [7, 11) is 3.99. The SMILES string of the molecule is CCCC(=O)OCc1ccc(N(C)C)cc1. The Bertz CT molecular complexity index is 330. The summed E-state index contributed by atoms with van der Waals surface area (Å²) in [5, 5.41) is 0. The molecule has 0 fully saturated rings. The average Bonchev–Trinajstić information content (AvgIpc) is 2.27. The van der Waals surface area contributed by atoms with Crippen LogP contribution in [0.3, 0.4) is 0 Å². The largest absolute Gasteiger partial charge is 0.461 e. The maximum Gasteiger partial charge on any atom is 0.306 e. The fourth-order valence-corrected chi connectivity index (χ4v) is 1.33. The quantitative estimate of drug-likeness (QED) is 0.716. The second kappa shape index (κ2) is 6.16. The highest BCUT2D eigenvalue weighted by molar-refractivity contribution is 5.69. The van der Waals surface area contributed by atoms with Gasteiger partial charge >= 0.3 is 5.97 Å². The van der Waals surface area contributed by atoms with Gasteiger partial charge in [-0.05, 0) is 24.1 Å². The van der Waals surface area contributed by atoms with Crippen molar-refractivity contribution in [3.8, 4) is 0 Å². The van der Waals surface area contributed by atoms with Gasteiger partial charge < -0.3 is 9.64 Å². The van der Waals surface area contributed by atoms with Gasteiger partial charge in [0.25, 0.3) is 0 Å². The zero-order chi connectivity index (χ0) is 12.0. The Balaban J connectivity index is 2.46. The van der Waals surface area contributed by atoms with Crippen molar-refractivity contribution in [1.82, 2.24) is 0 Å².